The van der Waals surface area contributed by atoms with Crippen LogP contribution in [0.3, 0.4) is 0 Å². The van der Waals surface area contributed by atoms with Crippen molar-refractivity contribution >= 4 is 0 Å². The van der Waals surface area contributed by atoms with Crippen LogP contribution in [0.15, 0.2) is 18.2 Å². The predicted octanol–water partition coefficient (Wildman–Crippen LogP) is 2.35. The molecule has 1 saturated heterocycles. The molecular weight excluding hydrogens is 236 g/mol. The minimum absolute atomic E-state index is 0.709. The average Bonchev–Trinajstić information content (AvgIpc) is 2.87. The van der Waals surface area contributed by atoms with E-state index in [-0.39, 0.29) is 0 Å². The molecule has 1 unspecified atom stereocenters. The lowest BCUT2D eigenvalue weighted by Gasteiger charge is -2.15. The van der Waals surface area contributed by atoms with Crippen molar-refractivity contribution in [3.05, 3.63) is 29.3 Å². The maximum atomic E-state index is 5.80. The normalized spacial score (nSPS) is 19.8. The van der Waals surface area contributed by atoms with Gasteiger partial charge in [-0.3, -0.25) is 0 Å². The Morgan fingerprint density at radius 2 is 2.16 bits per heavy atom. The van der Waals surface area contributed by atoms with Gasteiger partial charge in [0.2, 0.25) is 0 Å². The molecule has 0 radical (unpaired) electrons. The molecule has 3 heteroatoms. The van der Waals surface area contributed by atoms with Crippen molar-refractivity contribution in [3.8, 4) is 5.75 Å². The number of ether oxygens (including phenoxy) is 1. The highest BCUT2D eigenvalue weighted by Gasteiger charge is 2.20. The van der Waals surface area contributed by atoms with Crippen LogP contribution in [0.25, 0.3) is 0 Å². The van der Waals surface area contributed by atoms with Crippen molar-refractivity contribution in [2.75, 3.05) is 32.8 Å². The largest absolute Gasteiger partial charge is 0.494 e. The van der Waals surface area contributed by atoms with Crippen molar-refractivity contribution in [3.63, 3.8) is 0 Å². The molecule has 0 bridgehead atoms. The van der Waals surface area contributed by atoms with Gasteiger partial charge in [0.05, 0.1) is 6.61 Å². The molecule has 0 aromatic heterocycles. The van der Waals surface area contributed by atoms with E-state index >= 15 is 0 Å². The van der Waals surface area contributed by atoms with E-state index in [4.69, 9.17) is 10.5 Å². The third-order valence-corrected chi connectivity index (χ3v) is 4.07. The summed E-state index contributed by atoms with van der Waals surface area (Å²) in [5, 5.41) is 0. The third-order valence-electron chi connectivity index (χ3n) is 4.07. The van der Waals surface area contributed by atoms with Crippen LogP contribution in [-0.2, 0) is 0 Å². The fourth-order valence-corrected chi connectivity index (χ4v) is 2.59. The lowest BCUT2D eigenvalue weighted by molar-refractivity contribution is 0.259. The summed E-state index contributed by atoms with van der Waals surface area (Å²) in [5.41, 5.74) is 8.31. The van der Waals surface area contributed by atoms with Gasteiger partial charge >= 0.3 is 0 Å². The van der Waals surface area contributed by atoms with Gasteiger partial charge in [-0.1, -0.05) is 6.07 Å². The van der Waals surface area contributed by atoms with Crippen molar-refractivity contribution in [1.29, 1.82) is 0 Å². The Balaban J connectivity index is 1.65. The summed E-state index contributed by atoms with van der Waals surface area (Å²) in [6.07, 6.45) is 2.35. The summed E-state index contributed by atoms with van der Waals surface area (Å²) < 4.78 is 5.80. The summed E-state index contributed by atoms with van der Waals surface area (Å²) in [6.45, 7) is 9.37. The zero-order valence-electron chi connectivity index (χ0n) is 12.2. The van der Waals surface area contributed by atoms with E-state index in [1.54, 1.807) is 0 Å². The van der Waals surface area contributed by atoms with Crippen LogP contribution in [0.4, 0.5) is 0 Å². The van der Waals surface area contributed by atoms with Crippen LogP contribution in [0.5, 0.6) is 5.75 Å². The molecular formula is C16H26N2O. The first kappa shape index (κ1) is 14.4. The molecule has 1 heterocycles. The van der Waals surface area contributed by atoms with Gasteiger partial charge in [-0.15, -0.1) is 0 Å². The van der Waals surface area contributed by atoms with Gasteiger partial charge in [0.1, 0.15) is 5.75 Å². The summed E-state index contributed by atoms with van der Waals surface area (Å²) >= 11 is 0. The number of likely N-dealkylation sites (tertiary alicyclic amines) is 1. The molecule has 0 spiro atoms. The molecule has 2 N–H and O–H groups in total. The summed E-state index contributed by atoms with van der Waals surface area (Å²) in [5.74, 6) is 1.70. The molecule has 1 aromatic carbocycles. The molecule has 1 aromatic rings. The quantitative estimate of drug-likeness (QED) is 0.800. The molecule has 1 aliphatic heterocycles. The lowest BCUT2D eigenvalue weighted by atomic mass is 10.1. The monoisotopic (exact) mass is 262 g/mol. The summed E-state index contributed by atoms with van der Waals surface area (Å²) in [7, 11) is 0. The van der Waals surface area contributed by atoms with Gasteiger partial charge < -0.3 is 15.4 Å². The molecule has 2 rings (SSSR count). The zero-order valence-corrected chi connectivity index (χ0v) is 12.2. The van der Waals surface area contributed by atoms with Gasteiger partial charge in [0.15, 0.2) is 0 Å². The van der Waals surface area contributed by atoms with Crippen molar-refractivity contribution < 1.29 is 4.74 Å². The van der Waals surface area contributed by atoms with E-state index < -0.39 is 0 Å². The SMILES string of the molecule is Cc1ccc(OCCCN2CCC(CN)C2)cc1C. The van der Waals surface area contributed by atoms with Crippen LogP contribution >= 0.6 is 0 Å². The molecule has 1 fully saturated rings. The van der Waals surface area contributed by atoms with Crippen LogP contribution in [0, 0.1) is 19.8 Å². The predicted molar refractivity (Wildman–Crippen MR) is 79.6 cm³/mol. The lowest BCUT2D eigenvalue weighted by Crippen LogP contribution is -2.25. The molecule has 1 atom stereocenters. The van der Waals surface area contributed by atoms with E-state index in [0.29, 0.717) is 5.92 Å². The molecule has 0 amide bonds. The van der Waals surface area contributed by atoms with E-state index in [1.807, 2.05) is 0 Å². The van der Waals surface area contributed by atoms with E-state index in [2.05, 4.69) is 36.9 Å². The Labute approximate surface area is 116 Å². The van der Waals surface area contributed by atoms with Crippen molar-refractivity contribution in [2.24, 2.45) is 11.7 Å². The fraction of sp³-hybridized carbons (Fsp3) is 0.625. The number of nitrogens with two attached hydrogens (primary N) is 1. The standard InChI is InChI=1S/C16H26N2O/c1-13-4-5-16(10-14(13)2)19-9-3-7-18-8-6-15(11-17)12-18/h4-5,10,15H,3,6-9,11-12,17H2,1-2H3. The number of hydrogen-bond acceptors (Lipinski definition) is 3. The van der Waals surface area contributed by atoms with Gasteiger partial charge in [-0.05, 0) is 69.0 Å². The number of aryl methyl sites for hydroxylation is 2. The Morgan fingerprint density at radius 3 is 2.84 bits per heavy atom. The maximum Gasteiger partial charge on any atom is 0.119 e. The third kappa shape index (κ3) is 4.22. The molecule has 1 aliphatic rings. The highest BCUT2D eigenvalue weighted by atomic mass is 16.5. The summed E-state index contributed by atoms with van der Waals surface area (Å²) in [6, 6.07) is 6.30. The topological polar surface area (TPSA) is 38.5 Å². The Kier molecular flexibility index (Phi) is 5.23. The molecule has 3 nitrogen and oxygen atoms in total. The molecule has 0 aliphatic carbocycles. The first-order valence-electron chi connectivity index (χ1n) is 7.31. The Bertz CT molecular complexity index is 406. The van der Waals surface area contributed by atoms with Crippen molar-refractivity contribution in [1.82, 2.24) is 4.90 Å². The number of nitrogens with zero attached hydrogens (tertiary/aromatic N) is 1. The average molecular weight is 262 g/mol. The van der Waals surface area contributed by atoms with Gasteiger partial charge in [-0.2, -0.15) is 0 Å². The first-order valence-corrected chi connectivity index (χ1v) is 7.31. The fourth-order valence-electron chi connectivity index (χ4n) is 2.59. The maximum absolute atomic E-state index is 5.80. The van der Waals surface area contributed by atoms with Crippen LogP contribution in [0.1, 0.15) is 24.0 Å². The number of benzene rings is 1. The van der Waals surface area contributed by atoms with Crippen LogP contribution in [-0.4, -0.2) is 37.7 Å². The highest BCUT2D eigenvalue weighted by Crippen LogP contribution is 2.17. The van der Waals surface area contributed by atoms with E-state index in [1.165, 1.54) is 30.6 Å². The Morgan fingerprint density at radius 1 is 1.32 bits per heavy atom. The first-order chi connectivity index (χ1) is 9.19. The summed E-state index contributed by atoms with van der Waals surface area (Å²) in [4.78, 5) is 2.50. The second kappa shape index (κ2) is 6.92. The molecule has 19 heavy (non-hydrogen) atoms. The van der Waals surface area contributed by atoms with E-state index in [9.17, 15) is 0 Å². The number of rotatable bonds is 6. The van der Waals surface area contributed by atoms with Crippen LogP contribution < -0.4 is 10.5 Å². The van der Waals surface area contributed by atoms with Gasteiger partial charge in [-0.25, -0.2) is 0 Å². The minimum Gasteiger partial charge on any atom is -0.494 e. The van der Waals surface area contributed by atoms with Crippen LogP contribution in [0.2, 0.25) is 0 Å². The number of hydrogen-bond donors (Lipinski definition) is 1. The molecule has 106 valence electrons. The van der Waals surface area contributed by atoms with Gasteiger partial charge in [0.25, 0.3) is 0 Å². The zero-order chi connectivity index (χ0) is 13.7. The van der Waals surface area contributed by atoms with Crippen molar-refractivity contribution in [2.45, 2.75) is 26.7 Å². The van der Waals surface area contributed by atoms with E-state index in [0.717, 1.165) is 31.9 Å². The second-order valence-electron chi connectivity index (χ2n) is 5.64. The second-order valence-corrected chi connectivity index (χ2v) is 5.64. The highest BCUT2D eigenvalue weighted by molar-refractivity contribution is 5.33. The smallest absolute Gasteiger partial charge is 0.119 e. The Hall–Kier alpha value is -1.06. The van der Waals surface area contributed by atoms with Gasteiger partial charge in [0, 0.05) is 13.1 Å². The molecule has 0 saturated carbocycles. The minimum atomic E-state index is 0.709.